The van der Waals surface area contributed by atoms with E-state index in [4.69, 9.17) is 11.6 Å². The highest BCUT2D eigenvalue weighted by molar-refractivity contribution is 7.91. The zero-order chi connectivity index (χ0) is 11.3. The van der Waals surface area contributed by atoms with Gasteiger partial charge < -0.3 is 4.90 Å². The molecule has 15 heavy (non-hydrogen) atoms. The van der Waals surface area contributed by atoms with Crippen molar-refractivity contribution in [3.8, 4) is 0 Å². The van der Waals surface area contributed by atoms with Crippen molar-refractivity contribution >= 4 is 21.4 Å². The number of hydrogen-bond donors (Lipinski definition) is 0. The average Bonchev–Trinajstić information content (AvgIpc) is 2.21. The van der Waals surface area contributed by atoms with Crippen LogP contribution in [0, 0.1) is 0 Å². The Morgan fingerprint density at radius 1 is 1.33 bits per heavy atom. The van der Waals surface area contributed by atoms with Crippen LogP contribution >= 0.6 is 11.6 Å². The van der Waals surface area contributed by atoms with Crippen LogP contribution in [0.2, 0.25) is 0 Å². The van der Waals surface area contributed by atoms with E-state index in [0.29, 0.717) is 11.1 Å². The molecule has 0 aliphatic carbocycles. The van der Waals surface area contributed by atoms with Gasteiger partial charge in [0, 0.05) is 11.1 Å². The summed E-state index contributed by atoms with van der Waals surface area (Å²) >= 11 is 5.99. The summed E-state index contributed by atoms with van der Waals surface area (Å²) in [5.41, 5.74) is 0. The summed E-state index contributed by atoms with van der Waals surface area (Å²) in [7, 11) is -2.78. The molecule has 0 spiro atoms. The average molecular weight is 254 g/mol. The molecule has 0 N–H and O–H groups in total. The number of sulfone groups is 1. The number of nitrogens with zero attached hydrogens (tertiary/aromatic N) is 1. The smallest absolute Gasteiger partial charge is 0.150 e. The van der Waals surface area contributed by atoms with Crippen molar-refractivity contribution in [2.24, 2.45) is 0 Å². The predicted molar refractivity (Wildman–Crippen MR) is 64.3 cm³/mol. The lowest BCUT2D eigenvalue weighted by atomic mass is 10.1. The predicted octanol–water partition coefficient (Wildman–Crippen LogP) is 1.51. The van der Waals surface area contributed by atoms with Gasteiger partial charge in [-0.05, 0) is 38.9 Å². The Morgan fingerprint density at radius 2 is 1.93 bits per heavy atom. The van der Waals surface area contributed by atoms with Crippen molar-refractivity contribution < 1.29 is 8.42 Å². The van der Waals surface area contributed by atoms with Gasteiger partial charge in [-0.3, -0.25) is 0 Å². The third kappa shape index (κ3) is 5.18. The Balaban J connectivity index is 2.16. The zero-order valence-electron chi connectivity index (χ0n) is 9.28. The van der Waals surface area contributed by atoms with Gasteiger partial charge in [-0.25, -0.2) is 8.42 Å². The van der Waals surface area contributed by atoms with Crippen molar-refractivity contribution in [2.45, 2.75) is 31.6 Å². The molecule has 0 aromatic rings. The molecule has 0 radical (unpaired) electrons. The van der Waals surface area contributed by atoms with E-state index >= 15 is 0 Å². The minimum Gasteiger partial charge on any atom is -0.303 e. The van der Waals surface area contributed by atoms with Crippen LogP contribution in [0.4, 0.5) is 0 Å². The third-order valence-corrected chi connectivity index (χ3v) is 5.11. The van der Waals surface area contributed by atoms with Crippen LogP contribution < -0.4 is 0 Å². The van der Waals surface area contributed by atoms with Crippen molar-refractivity contribution in [3.63, 3.8) is 0 Å². The van der Waals surface area contributed by atoms with Gasteiger partial charge in [-0.15, -0.1) is 11.6 Å². The molecule has 1 saturated heterocycles. The molecule has 0 amide bonds. The highest BCUT2D eigenvalue weighted by Gasteiger charge is 2.17. The van der Waals surface area contributed by atoms with Crippen LogP contribution in [-0.2, 0) is 9.84 Å². The Kier molecular flexibility index (Phi) is 5.36. The molecule has 0 bridgehead atoms. The quantitative estimate of drug-likeness (QED) is 0.697. The maximum Gasteiger partial charge on any atom is 0.150 e. The van der Waals surface area contributed by atoms with Crippen molar-refractivity contribution in [1.29, 1.82) is 0 Å². The summed E-state index contributed by atoms with van der Waals surface area (Å²) in [5, 5.41) is 0.320. The summed E-state index contributed by atoms with van der Waals surface area (Å²) in [4.78, 5) is 2.31. The molecular weight excluding hydrogens is 234 g/mol. The largest absolute Gasteiger partial charge is 0.303 e. The van der Waals surface area contributed by atoms with Crippen LogP contribution in [0.25, 0.3) is 0 Å². The zero-order valence-corrected chi connectivity index (χ0v) is 10.9. The fourth-order valence-corrected chi connectivity index (χ4v) is 2.83. The van der Waals surface area contributed by atoms with Crippen LogP contribution in [0.1, 0.15) is 26.2 Å². The summed E-state index contributed by atoms with van der Waals surface area (Å²) in [6.45, 7) is 4.62. The normalized spacial score (nSPS) is 20.7. The maximum absolute atomic E-state index is 11.3. The Hall–Kier alpha value is 0.200. The van der Waals surface area contributed by atoms with Crippen LogP contribution in [-0.4, -0.2) is 49.8 Å². The van der Waals surface area contributed by atoms with Crippen molar-refractivity contribution in [1.82, 2.24) is 4.90 Å². The SMILES string of the molecule is CCS(=O)(=O)CCCN1CCC(Cl)CC1. The second kappa shape index (κ2) is 6.06. The minimum absolute atomic E-state index is 0.261. The van der Waals surface area contributed by atoms with E-state index in [2.05, 4.69) is 4.90 Å². The van der Waals surface area contributed by atoms with Gasteiger partial charge in [-0.1, -0.05) is 6.92 Å². The van der Waals surface area contributed by atoms with Crippen molar-refractivity contribution in [3.05, 3.63) is 0 Å². The molecular formula is C10H20ClNO2S. The molecule has 1 aliphatic heterocycles. The summed E-state index contributed by atoms with van der Waals surface area (Å²) in [6, 6.07) is 0. The minimum atomic E-state index is -2.78. The number of piperidine rings is 1. The van der Waals surface area contributed by atoms with E-state index in [1.54, 1.807) is 6.92 Å². The number of rotatable bonds is 5. The van der Waals surface area contributed by atoms with Gasteiger partial charge in [-0.2, -0.15) is 0 Å². The molecule has 0 aromatic heterocycles. The van der Waals surface area contributed by atoms with E-state index in [0.717, 1.165) is 38.9 Å². The summed E-state index contributed by atoms with van der Waals surface area (Å²) in [6.07, 6.45) is 2.81. The lowest BCUT2D eigenvalue weighted by Crippen LogP contribution is -2.35. The molecule has 1 rings (SSSR count). The molecule has 0 aromatic carbocycles. The lowest BCUT2D eigenvalue weighted by molar-refractivity contribution is 0.232. The molecule has 90 valence electrons. The Labute approximate surface area is 97.7 Å². The third-order valence-electron chi connectivity index (χ3n) is 2.89. The van der Waals surface area contributed by atoms with E-state index in [-0.39, 0.29) is 5.75 Å². The number of likely N-dealkylation sites (tertiary alicyclic amines) is 1. The number of alkyl halides is 1. The highest BCUT2D eigenvalue weighted by atomic mass is 35.5. The second-order valence-corrected chi connectivity index (χ2v) is 7.20. The first-order valence-electron chi connectivity index (χ1n) is 5.60. The van der Waals surface area contributed by atoms with E-state index in [1.165, 1.54) is 0 Å². The first-order valence-corrected chi connectivity index (χ1v) is 7.86. The number of hydrogen-bond acceptors (Lipinski definition) is 3. The highest BCUT2D eigenvalue weighted by Crippen LogP contribution is 2.15. The monoisotopic (exact) mass is 253 g/mol. The Bertz CT molecular complexity index is 271. The van der Waals surface area contributed by atoms with Gasteiger partial charge in [0.2, 0.25) is 0 Å². The van der Waals surface area contributed by atoms with Crippen molar-refractivity contribution in [2.75, 3.05) is 31.1 Å². The molecule has 1 aliphatic rings. The topological polar surface area (TPSA) is 37.4 Å². The summed E-state index contributed by atoms with van der Waals surface area (Å²) in [5.74, 6) is 0.584. The van der Waals surface area contributed by atoms with E-state index in [1.807, 2.05) is 0 Å². The van der Waals surface area contributed by atoms with Gasteiger partial charge >= 0.3 is 0 Å². The first-order chi connectivity index (χ1) is 7.03. The number of halogens is 1. The summed E-state index contributed by atoms with van der Waals surface area (Å²) < 4.78 is 22.5. The van der Waals surface area contributed by atoms with Gasteiger partial charge in [0.1, 0.15) is 9.84 Å². The molecule has 3 nitrogen and oxygen atoms in total. The van der Waals surface area contributed by atoms with Gasteiger partial charge in [0.25, 0.3) is 0 Å². The fourth-order valence-electron chi connectivity index (χ4n) is 1.78. The molecule has 0 atom stereocenters. The van der Waals surface area contributed by atoms with Gasteiger partial charge in [0.15, 0.2) is 0 Å². The molecule has 5 heteroatoms. The maximum atomic E-state index is 11.3. The lowest BCUT2D eigenvalue weighted by Gasteiger charge is -2.28. The van der Waals surface area contributed by atoms with E-state index < -0.39 is 9.84 Å². The molecule has 0 saturated carbocycles. The standard InChI is InChI=1S/C10H20ClNO2S/c1-2-15(13,14)9-3-6-12-7-4-10(11)5-8-12/h10H,2-9H2,1H3. The van der Waals surface area contributed by atoms with Crippen LogP contribution in [0.5, 0.6) is 0 Å². The molecule has 0 unspecified atom stereocenters. The Morgan fingerprint density at radius 3 is 2.47 bits per heavy atom. The van der Waals surface area contributed by atoms with Gasteiger partial charge in [0.05, 0.1) is 5.75 Å². The molecule has 1 fully saturated rings. The second-order valence-electron chi connectivity index (χ2n) is 4.11. The van der Waals surface area contributed by atoms with E-state index in [9.17, 15) is 8.42 Å². The first kappa shape index (κ1) is 13.3. The van der Waals surface area contributed by atoms with Crippen LogP contribution in [0.3, 0.4) is 0 Å². The fraction of sp³-hybridized carbons (Fsp3) is 1.00. The van der Waals surface area contributed by atoms with Crippen LogP contribution in [0.15, 0.2) is 0 Å². The molecule has 1 heterocycles.